The van der Waals surface area contributed by atoms with Crippen molar-refractivity contribution in [1.29, 1.82) is 0 Å². The van der Waals surface area contributed by atoms with E-state index in [1.54, 1.807) is 35.6 Å². The third-order valence-electron chi connectivity index (χ3n) is 5.32. The fraction of sp³-hybridized carbons (Fsp3) is 0.0357. The Kier molecular flexibility index (Phi) is 6.95. The van der Waals surface area contributed by atoms with E-state index in [4.69, 9.17) is 33.2 Å². The Morgan fingerprint density at radius 3 is 2.53 bits per heavy atom. The first kappa shape index (κ1) is 23.9. The smallest absolute Gasteiger partial charge is 0.250 e. The summed E-state index contributed by atoms with van der Waals surface area (Å²) in [7, 11) is 0. The van der Waals surface area contributed by atoms with Gasteiger partial charge < -0.3 is 9.73 Å². The van der Waals surface area contributed by atoms with Crippen LogP contribution in [-0.2, 0) is 4.79 Å². The zero-order valence-corrected chi connectivity index (χ0v) is 21.5. The van der Waals surface area contributed by atoms with Gasteiger partial charge in [-0.1, -0.05) is 17.7 Å². The molecule has 2 heterocycles. The van der Waals surface area contributed by atoms with Crippen molar-refractivity contribution >= 4 is 68.2 Å². The minimum atomic E-state index is -0.363. The number of furan rings is 1. The second kappa shape index (κ2) is 10.5. The number of halogens is 1. The molecule has 0 radical (unpaired) electrons. The average Bonchev–Trinajstić information content (AvgIpc) is 3.50. The van der Waals surface area contributed by atoms with Crippen LogP contribution in [-0.4, -0.2) is 16.0 Å². The number of nitrogens with one attached hydrogen (secondary N) is 2. The molecule has 5 rings (SSSR count). The van der Waals surface area contributed by atoms with Crippen LogP contribution in [0.15, 0.2) is 89.4 Å². The number of hydrogen-bond acceptors (Lipinski definition) is 5. The highest BCUT2D eigenvalue weighted by Crippen LogP contribution is 2.31. The first-order chi connectivity index (χ1) is 17.4. The Labute approximate surface area is 222 Å². The number of thiazole rings is 1. The molecule has 0 fully saturated rings. The number of hydrogen-bond donors (Lipinski definition) is 2. The van der Waals surface area contributed by atoms with Crippen LogP contribution in [0.2, 0.25) is 5.02 Å². The van der Waals surface area contributed by atoms with Crippen molar-refractivity contribution in [2.75, 3.05) is 5.32 Å². The molecule has 0 aliphatic rings. The Balaban J connectivity index is 1.16. The predicted molar refractivity (Wildman–Crippen MR) is 152 cm³/mol. The van der Waals surface area contributed by atoms with Crippen molar-refractivity contribution in [2.45, 2.75) is 6.92 Å². The van der Waals surface area contributed by atoms with E-state index in [1.165, 1.54) is 16.3 Å². The Bertz CT molecular complexity index is 1590. The van der Waals surface area contributed by atoms with Crippen molar-refractivity contribution in [2.24, 2.45) is 0 Å². The first-order valence-electron chi connectivity index (χ1n) is 11.1. The second-order valence-corrected chi connectivity index (χ2v) is 9.93. The molecule has 0 atom stereocenters. The third-order valence-corrected chi connectivity index (χ3v) is 6.85. The number of amides is 1. The lowest BCUT2D eigenvalue weighted by Crippen LogP contribution is -2.32. The van der Waals surface area contributed by atoms with E-state index >= 15 is 0 Å². The summed E-state index contributed by atoms with van der Waals surface area (Å²) in [6, 6.07) is 25.0. The molecule has 178 valence electrons. The van der Waals surface area contributed by atoms with Crippen molar-refractivity contribution in [1.82, 2.24) is 10.3 Å². The van der Waals surface area contributed by atoms with Gasteiger partial charge in [0.05, 0.1) is 10.2 Å². The van der Waals surface area contributed by atoms with Crippen molar-refractivity contribution in [3.05, 3.63) is 101 Å². The summed E-state index contributed by atoms with van der Waals surface area (Å²) in [5, 5.41) is 7.49. The van der Waals surface area contributed by atoms with Gasteiger partial charge in [0, 0.05) is 27.9 Å². The number of thiocarbonyl (C=S) groups is 1. The van der Waals surface area contributed by atoms with E-state index in [2.05, 4.69) is 29.7 Å². The molecule has 1 amide bonds. The molecule has 0 spiro atoms. The van der Waals surface area contributed by atoms with Gasteiger partial charge in [-0.3, -0.25) is 10.1 Å². The van der Waals surface area contributed by atoms with Gasteiger partial charge in [0.15, 0.2) is 5.11 Å². The standard InChI is InChI=1S/C28H20ClN3O2S2/c1-17-2-13-23-25(16-17)36-27(31-23)19-5-9-21(10-6-19)30-28(35)32-26(33)15-12-22-11-14-24(34-22)18-3-7-20(29)8-4-18/h2-16H,1H3,(H2,30,32,33,35). The van der Waals surface area contributed by atoms with E-state index in [0.29, 0.717) is 16.5 Å². The van der Waals surface area contributed by atoms with Crippen LogP contribution in [0, 0.1) is 6.92 Å². The van der Waals surface area contributed by atoms with Gasteiger partial charge in [0.1, 0.15) is 16.5 Å². The Morgan fingerprint density at radius 1 is 1.00 bits per heavy atom. The van der Waals surface area contributed by atoms with Crippen LogP contribution in [0.25, 0.3) is 38.2 Å². The lowest BCUT2D eigenvalue weighted by molar-refractivity contribution is -0.115. The molecule has 8 heteroatoms. The summed E-state index contributed by atoms with van der Waals surface area (Å²) in [6.07, 6.45) is 2.96. The molecule has 0 unspecified atom stereocenters. The van der Waals surface area contributed by atoms with Crippen LogP contribution in [0.4, 0.5) is 5.69 Å². The van der Waals surface area contributed by atoms with Gasteiger partial charge in [-0.05, 0) is 104 Å². The number of nitrogens with zero attached hydrogens (tertiary/aromatic N) is 1. The lowest BCUT2D eigenvalue weighted by atomic mass is 10.2. The van der Waals surface area contributed by atoms with Crippen LogP contribution >= 0.6 is 35.2 Å². The summed E-state index contributed by atoms with van der Waals surface area (Å²) in [5.41, 5.74) is 4.90. The van der Waals surface area contributed by atoms with Crippen LogP contribution in [0.3, 0.4) is 0 Å². The maximum Gasteiger partial charge on any atom is 0.250 e. The minimum absolute atomic E-state index is 0.203. The molecule has 2 aromatic heterocycles. The predicted octanol–water partition coefficient (Wildman–Crippen LogP) is 7.71. The van der Waals surface area contributed by atoms with E-state index in [0.717, 1.165) is 27.3 Å². The zero-order chi connectivity index (χ0) is 25.1. The van der Waals surface area contributed by atoms with Crippen LogP contribution < -0.4 is 10.6 Å². The maximum atomic E-state index is 12.3. The van der Waals surface area contributed by atoms with Crippen LogP contribution in [0.5, 0.6) is 0 Å². The largest absolute Gasteiger partial charge is 0.457 e. The lowest BCUT2D eigenvalue weighted by Gasteiger charge is -2.08. The van der Waals surface area contributed by atoms with Gasteiger partial charge in [-0.2, -0.15) is 0 Å². The number of carbonyl (C=O) groups excluding carboxylic acids is 1. The average molecular weight is 530 g/mol. The number of anilines is 1. The summed E-state index contributed by atoms with van der Waals surface area (Å²) >= 11 is 12.9. The molecule has 0 saturated carbocycles. The molecule has 5 nitrogen and oxygen atoms in total. The summed E-state index contributed by atoms with van der Waals surface area (Å²) < 4.78 is 6.94. The van der Waals surface area contributed by atoms with Gasteiger partial charge in [-0.25, -0.2) is 4.98 Å². The van der Waals surface area contributed by atoms with Gasteiger partial charge in [0.2, 0.25) is 5.91 Å². The molecule has 0 saturated heterocycles. The third kappa shape index (κ3) is 5.71. The maximum absolute atomic E-state index is 12.3. The summed E-state index contributed by atoms with van der Waals surface area (Å²) in [5.74, 6) is 0.876. The van der Waals surface area contributed by atoms with Gasteiger partial charge >= 0.3 is 0 Å². The molecule has 0 bridgehead atoms. The fourth-order valence-electron chi connectivity index (χ4n) is 3.54. The SMILES string of the molecule is Cc1ccc2nc(-c3ccc(NC(=S)NC(=O)C=Cc4ccc(-c5ccc(Cl)cc5)o4)cc3)sc2c1. The molecule has 2 N–H and O–H groups in total. The van der Waals surface area contributed by atoms with E-state index < -0.39 is 0 Å². The molecular formula is C28H20ClN3O2S2. The molecule has 36 heavy (non-hydrogen) atoms. The summed E-state index contributed by atoms with van der Waals surface area (Å²) in [4.78, 5) is 17.0. The minimum Gasteiger partial charge on any atom is -0.457 e. The quantitative estimate of drug-likeness (QED) is 0.180. The number of carbonyl (C=O) groups is 1. The molecule has 0 aliphatic carbocycles. The van der Waals surface area contributed by atoms with Crippen molar-refractivity contribution in [3.8, 4) is 21.9 Å². The second-order valence-electron chi connectivity index (χ2n) is 8.05. The number of aryl methyl sites for hydroxylation is 1. The Hall–Kier alpha value is -3.78. The normalized spacial score (nSPS) is 11.2. The van der Waals surface area contributed by atoms with Crippen LogP contribution in [0.1, 0.15) is 11.3 Å². The fourth-order valence-corrected chi connectivity index (χ4v) is 4.95. The Morgan fingerprint density at radius 2 is 1.75 bits per heavy atom. The monoisotopic (exact) mass is 529 g/mol. The summed E-state index contributed by atoms with van der Waals surface area (Å²) in [6.45, 7) is 2.08. The van der Waals surface area contributed by atoms with E-state index in [9.17, 15) is 4.79 Å². The molecule has 0 aliphatic heterocycles. The van der Waals surface area contributed by atoms with Gasteiger partial charge in [-0.15, -0.1) is 11.3 Å². The molecule has 5 aromatic rings. The van der Waals surface area contributed by atoms with E-state index in [-0.39, 0.29) is 11.0 Å². The number of benzene rings is 3. The van der Waals surface area contributed by atoms with Crippen molar-refractivity contribution < 1.29 is 9.21 Å². The zero-order valence-electron chi connectivity index (χ0n) is 19.1. The first-order valence-corrected chi connectivity index (χ1v) is 12.7. The highest BCUT2D eigenvalue weighted by atomic mass is 35.5. The highest BCUT2D eigenvalue weighted by molar-refractivity contribution is 7.80. The molecular weight excluding hydrogens is 510 g/mol. The van der Waals surface area contributed by atoms with Gasteiger partial charge in [0.25, 0.3) is 0 Å². The van der Waals surface area contributed by atoms with Crippen molar-refractivity contribution in [3.63, 3.8) is 0 Å². The molecule has 3 aromatic carbocycles. The number of fused-ring (bicyclic) bond motifs is 1. The highest BCUT2D eigenvalue weighted by Gasteiger charge is 2.08. The topological polar surface area (TPSA) is 67.2 Å². The van der Waals surface area contributed by atoms with E-state index in [1.807, 2.05) is 48.5 Å². The number of aromatic nitrogens is 1. The number of rotatable bonds is 5.